The van der Waals surface area contributed by atoms with Gasteiger partial charge < -0.3 is 8.85 Å². The zero-order valence-corrected chi connectivity index (χ0v) is 23.6. The molecule has 0 aromatic rings. The lowest BCUT2D eigenvalue weighted by Crippen LogP contribution is -2.51. The van der Waals surface area contributed by atoms with Gasteiger partial charge in [0.25, 0.3) is 0 Å². The summed E-state index contributed by atoms with van der Waals surface area (Å²) in [6.45, 7) is 23.6. The molecule has 7 heteroatoms. The molecule has 0 radical (unpaired) electrons. The van der Waals surface area contributed by atoms with Gasteiger partial charge in [-0.05, 0) is 49.6 Å². The second-order valence-electron chi connectivity index (χ2n) is 11.3. The molecule has 0 spiro atoms. The average molecular weight is 447 g/mol. The van der Waals surface area contributed by atoms with Crippen LogP contribution in [-0.4, -0.2) is 81.6 Å². The Labute approximate surface area is 179 Å². The van der Waals surface area contributed by atoms with E-state index in [2.05, 4.69) is 56.0 Å². The van der Waals surface area contributed by atoms with Gasteiger partial charge in [-0.15, -0.1) is 0 Å². The zero-order chi connectivity index (χ0) is 21.4. The minimum absolute atomic E-state index is 0.800. The molecule has 1 rings (SSSR count). The SMILES string of the molecule is CC[Si](CCCC1CN(CC[Si](C)(C)C)CN(CC[Si](C)(C)C)C1)(OC)OC. The van der Waals surface area contributed by atoms with Crippen molar-refractivity contribution in [1.82, 2.24) is 9.80 Å². The highest BCUT2D eigenvalue weighted by molar-refractivity contribution is 6.76. The first-order chi connectivity index (χ1) is 12.9. The second-order valence-corrected chi connectivity index (χ2v) is 26.4. The van der Waals surface area contributed by atoms with Gasteiger partial charge in [-0.1, -0.05) is 52.6 Å². The van der Waals surface area contributed by atoms with E-state index < -0.39 is 24.7 Å². The first kappa shape index (κ1) is 26.5. The number of nitrogens with zero attached hydrogens (tertiary/aromatic N) is 2. The van der Waals surface area contributed by atoms with E-state index in [1.165, 1.54) is 57.8 Å². The molecular weight excluding hydrogens is 397 g/mol. The molecule has 0 aromatic heterocycles. The van der Waals surface area contributed by atoms with Crippen molar-refractivity contribution >= 4 is 24.7 Å². The third-order valence-corrected chi connectivity index (χ3v) is 13.4. The maximum Gasteiger partial charge on any atom is 0.337 e. The van der Waals surface area contributed by atoms with Crippen LogP contribution in [0.2, 0.25) is 63.5 Å². The first-order valence-electron chi connectivity index (χ1n) is 11.5. The molecule has 0 saturated carbocycles. The smallest absolute Gasteiger partial charge is 0.337 e. The summed E-state index contributed by atoms with van der Waals surface area (Å²) in [6.07, 6.45) is 2.56. The lowest BCUT2D eigenvalue weighted by Gasteiger charge is -2.42. The van der Waals surface area contributed by atoms with Crippen LogP contribution in [0.3, 0.4) is 0 Å². The summed E-state index contributed by atoms with van der Waals surface area (Å²) in [5, 5.41) is 0. The van der Waals surface area contributed by atoms with Crippen molar-refractivity contribution in [2.24, 2.45) is 5.92 Å². The van der Waals surface area contributed by atoms with Crippen LogP contribution in [0.1, 0.15) is 19.8 Å². The van der Waals surface area contributed by atoms with Crippen LogP contribution < -0.4 is 0 Å². The van der Waals surface area contributed by atoms with Gasteiger partial charge in [0.2, 0.25) is 0 Å². The van der Waals surface area contributed by atoms with Gasteiger partial charge in [-0.3, -0.25) is 9.80 Å². The Morgan fingerprint density at radius 1 is 0.786 bits per heavy atom. The van der Waals surface area contributed by atoms with Gasteiger partial charge in [0, 0.05) is 43.5 Å². The monoisotopic (exact) mass is 446 g/mol. The quantitative estimate of drug-likeness (QED) is 0.354. The van der Waals surface area contributed by atoms with Gasteiger partial charge in [-0.2, -0.15) is 0 Å². The fourth-order valence-electron chi connectivity index (χ4n) is 4.09. The maximum atomic E-state index is 5.82. The van der Waals surface area contributed by atoms with E-state index in [4.69, 9.17) is 8.85 Å². The Hall–Kier alpha value is 0.491. The fraction of sp³-hybridized carbons (Fsp3) is 1.00. The summed E-state index contributed by atoms with van der Waals surface area (Å²) in [5.41, 5.74) is 0. The molecular formula is C21H50N2O2Si3. The van der Waals surface area contributed by atoms with E-state index in [0.29, 0.717) is 0 Å². The normalized spacial score (nSPS) is 18.8. The van der Waals surface area contributed by atoms with Crippen molar-refractivity contribution in [1.29, 1.82) is 0 Å². The second kappa shape index (κ2) is 11.8. The predicted octanol–water partition coefficient (Wildman–Crippen LogP) is 5.39. The molecule has 1 fully saturated rings. The Morgan fingerprint density at radius 3 is 1.61 bits per heavy atom. The van der Waals surface area contributed by atoms with Crippen LogP contribution in [0, 0.1) is 5.92 Å². The molecule has 0 N–H and O–H groups in total. The maximum absolute atomic E-state index is 5.82. The molecule has 0 bridgehead atoms. The molecule has 4 nitrogen and oxygen atoms in total. The van der Waals surface area contributed by atoms with E-state index in [0.717, 1.165) is 18.0 Å². The van der Waals surface area contributed by atoms with Crippen LogP contribution in [0.5, 0.6) is 0 Å². The average Bonchev–Trinajstić information content (AvgIpc) is 2.61. The molecule has 1 heterocycles. The van der Waals surface area contributed by atoms with Crippen LogP contribution in [0.15, 0.2) is 0 Å². The number of hydrogen-bond acceptors (Lipinski definition) is 4. The van der Waals surface area contributed by atoms with E-state index in [9.17, 15) is 0 Å². The predicted molar refractivity (Wildman–Crippen MR) is 132 cm³/mol. The van der Waals surface area contributed by atoms with E-state index in [1.807, 2.05) is 14.2 Å². The van der Waals surface area contributed by atoms with Gasteiger partial charge in [0.05, 0.1) is 6.67 Å². The highest BCUT2D eigenvalue weighted by Gasteiger charge is 2.33. The van der Waals surface area contributed by atoms with Crippen LogP contribution in [-0.2, 0) is 8.85 Å². The van der Waals surface area contributed by atoms with Crippen LogP contribution >= 0.6 is 0 Å². The van der Waals surface area contributed by atoms with E-state index in [-0.39, 0.29) is 0 Å². The highest BCUT2D eigenvalue weighted by Crippen LogP contribution is 2.25. The van der Waals surface area contributed by atoms with Crippen molar-refractivity contribution in [2.75, 3.05) is 47.1 Å². The minimum Gasteiger partial charge on any atom is -0.398 e. The van der Waals surface area contributed by atoms with Crippen molar-refractivity contribution in [3.05, 3.63) is 0 Å². The molecule has 1 aliphatic rings. The summed E-state index contributed by atoms with van der Waals surface area (Å²) in [5.74, 6) is 0.800. The number of hydrogen-bond donors (Lipinski definition) is 0. The third kappa shape index (κ3) is 10.5. The standard InChI is InChI=1S/C21H50N2O2Si3/c1-10-28(24-2,25-3)15-11-12-21-18-22(13-16-26(4,5)6)20-23(19-21)14-17-27(7,8)9/h21H,10-20H2,1-9H3. The van der Waals surface area contributed by atoms with Gasteiger partial charge in [0.1, 0.15) is 0 Å². The number of rotatable bonds is 13. The van der Waals surface area contributed by atoms with Crippen LogP contribution in [0.25, 0.3) is 0 Å². The fourth-order valence-corrected chi connectivity index (χ4v) is 8.32. The first-order valence-corrected chi connectivity index (χ1v) is 21.1. The Kier molecular flexibility index (Phi) is 11.1. The van der Waals surface area contributed by atoms with Crippen molar-refractivity contribution in [2.45, 2.75) is 83.2 Å². The summed E-state index contributed by atoms with van der Waals surface area (Å²) >= 11 is 0. The lowest BCUT2D eigenvalue weighted by atomic mass is 10.0. The largest absolute Gasteiger partial charge is 0.398 e. The summed E-state index contributed by atoms with van der Waals surface area (Å²) < 4.78 is 11.6. The molecule has 0 aliphatic carbocycles. The lowest BCUT2D eigenvalue weighted by molar-refractivity contribution is 0.0515. The zero-order valence-electron chi connectivity index (χ0n) is 20.6. The summed E-state index contributed by atoms with van der Waals surface area (Å²) in [4.78, 5) is 5.52. The minimum atomic E-state index is -1.93. The summed E-state index contributed by atoms with van der Waals surface area (Å²) in [7, 11) is -0.204. The van der Waals surface area contributed by atoms with Crippen molar-refractivity contribution in [3.63, 3.8) is 0 Å². The molecule has 0 aromatic carbocycles. The molecule has 168 valence electrons. The molecule has 0 unspecified atom stereocenters. The Bertz CT molecular complexity index is 400. The molecule has 0 atom stereocenters. The Morgan fingerprint density at radius 2 is 1.25 bits per heavy atom. The molecule has 1 aliphatic heterocycles. The molecule has 0 amide bonds. The molecule has 1 saturated heterocycles. The van der Waals surface area contributed by atoms with Crippen LogP contribution in [0.4, 0.5) is 0 Å². The third-order valence-electron chi connectivity index (χ3n) is 6.24. The van der Waals surface area contributed by atoms with E-state index in [1.54, 1.807) is 0 Å². The van der Waals surface area contributed by atoms with E-state index >= 15 is 0 Å². The highest BCUT2D eigenvalue weighted by atomic mass is 28.4. The topological polar surface area (TPSA) is 24.9 Å². The Balaban J connectivity index is 2.63. The van der Waals surface area contributed by atoms with Gasteiger partial charge in [0.15, 0.2) is 0 Å². The van der Waals surface area contributed by atoms with Crippen molar-refractivity contribution < 1.29 is 8.85 Å². The molecule has 28 heavy (non-hydrogen) atoms. The summed E-state index contributed by atoms with van der Waals surface area (Å²) in [6, 6.07) is 5.02. The van der Waals surface area contributed by atoms with Crippen molar-refractivity contribution in [3.8, 4) is 0 Å². The van der Waals surface area contributed by atoms with Gasteiger partial charge in [-0.25, -0.2) is 0 Å². The van der Waals surface area contributed by atoms with Gasteiger partial charge >= 0.3 is 8.56 Å².